The zero-order valence-corrected chi connectivity index (χ0v) is 11.6. The van der Waals surface area contributed by atoms with Gasteiger partial charge in [0.15, 0.2) is 0 Å². The van der Waals surface area contributed by atoms with Gasteiger partial charge < -0.3 is 10.1 Å². The van der Waals surface area contributed by atoms with Gasteiger partial charge in [0.25, 0.3) is 0 Å². The molecule has 1 aromatic rings. The predicted octanol–water partition coefficient (Wildman–Crippen LogP) is 2.83. The Labute approximate surface area is 110 Å². The van der Waals surface area contributed by atoms with Gasteiger partial charge in [-0.05, 0) is 49.9 Å². The Morgan fingerprint density at radius 1 is 1.44 bits per heavy atom. The molecule has 0 radical (unpaired) electrons. The molecule has 3 nitrogen and oxygen atoms in total. The summed E-state index contributed by atoms with van der Waals surface area (Å²) in [5.74, 6) is 2.94. The summed E-state index contributed by atoms with van der Waals surface area (Å²) in [6.45, 7) is 6.69. The van der Waals surface area contributed by atoms with Crippen molar-refractivity contribution in [2.24, 2.45) is 11.8 Å². The molecule has 2 atom stereocenters. The smallest absolute Gasteiger partial charge is 0.140 e. The lowest BCUT2D eigenvalue weighted by atomic mass is 9.71. The Balaban J connectivity index is 1.93. The van der Waals surface area contributed by atoms with Crippen LogP contribution in [-0.2, 0) is 0 Å². The van der Waals surface area contributed by atoms with Crippen LogP contribution in [0.3, 0.4) is 0 Å². The Bertz CT molecular complexity index is 379. The first kappa shape index (κ1) is 13.3. The van der Waals surface area contributed by atoms with Gasteiger partial charge >= 0.3 is 0 Å². The molecule has 1 N–H and O–H groups in total. The lowest BCUT2D eigenvalue weighted by Gasteiger charge is -2.37. The van der Waals surface area contributed by atoms with E-state index in [0.717, 1.165) is 24.5 Å². The van der Waals surface area contributed by atoms with Crippen molar-refractivity contribution in [3.63, 3.8) is 0 Å². The number of ether oxygens (including phenoxy) is 1. The Hall–Kier alpha value is -1.09. The number of hydrogen-bond donors (Lipinski definition) is 1. The molecule has 1 aromatic heterocycles. The molecule has 0 spiro atoms. The summed E-state index contributed by atoms with van der Waals surface area (Å²) in [5.41, 5.74) is 1.14. The van der Waals surface area contributed by atoms with Gasteiger partial charge in [-0.25, -0.2) is 0 Å². The maximum atomic E-state index is 5.41. The predicted molar refractivity (Wildman–Crippen MR) is 74.0 cm³/mol. The summed E-state index contributed by atoms with van der Waals surface area (Å²) in [7, 11) is 1.73. The maximum absolute atomic E-state index is 5.41. The van der Waals surface area contributed by atoms with Crippen LogP contribution in [0.2, 0.25) is 0 Å². The highest BCUT2D eigenvalue weighted by Gasteiger charge is 2.34. The summed E-state index contributed by atoms with van der Waals surface area (Å²) in [4.78, 5) is 4.51. The molecule has 18 heavy (non-hydrogen) atoms. The van der Waals surface area contributed by atoms with Crippen LogP contribution < -0.4 is 10.1 Å². The van der Waals surface area contributed by atoms with E-state index in [-0.39, 0.29) is 0 Å². The minimum atomic E-state index is 0.570. The highest BCUT2D eigenvalue weighted by Crippen LogP contribution is 2.44. The molecular formula is C15H24N2O. The molecule has 3 heteroatoms. The molecule has 2 rings (SSSR count). The number of pyridine rings is 1. The van der Waals surface area contributed by atoms with Crippen LogP contribution in [0, 0.1) is 11.8 Å². The van der Waals surface area contributed by atoms with E-state index in [1.165, 1.54) is 12.8 Å². The lowest BCUT2D eigenvalue weighted by Crippen LogP contribution is -2.35. The Morgan fingerprint density at radius 3 is 2.89 bits per heavy atom. The fourth-order valence-electron chi connectivity index (χ4n) is 2.58. The third-order valence-corrected chi connectivity index (χ3v) is 3.75. The summed E-state index contributed by atoms with van der Waals surface area (Å²) in [6, 6.07) is 3.95. The van der Waals surface area contributed by atoms with E-state index in [0.29, 0.717) is 17.8 Å². The monoisotopic (exact) mass is 248 g/mol. The zero-order valence-electron chi connectivity index (χ0n) is 11.6. The third kappa shape index (κ3) is 3.02. The van der Waals surface area contributed by atoms with Gasteiger partial charge in [-0.1, -0.05) is 13.8 Å². The SMILES string of the molecule is COc1cccnc1C1CCC1CNCC(C)C. The van der Waals surface area contributed by atoms with E-state index in [1.807, 2.05) is 18.3 Å². The molecule has 0 aliphatic heterocycles. The highest BCUT2D eigenvalue weighted by atomic mass is 16.5. The van der Waals surface area contributed by atoms with Crippen LogP contribution in [0.1, 0.15) is 38.3 Å². The molecule has 1 saturated carbocycles. The van der Waals surface area contributed by atoms with Crippen LogP contribution >= 0.6 is 0 Å². The van der Waals surface area contributed by atoms with E-state index in [1.54, 1.807) is 7.11 Å². The average molecular weight is 248 g/mol. The molecule has 0 amide bonds. The van der Waals surface area contributed by atoms with E-state index in [2.05, 4.69) is 24.1 Å². The molecular weight excluding hydrogens is 224 g/mol. The summed E-state index contributed by atoms with van der Waals surface area (Å²) >= 11 is 0. The molecule has 1 aliphatic rings. The average Bonchev–Trinajstić information content (AvgIpc) is 2.33. The quantitative estimate of drug-likeness (QED) is 0.840. The second-order valence-corrected chi connectivity index (χ2v) is 5.59. The number of nitrogens with one attached hydrogen (secondary N) is 1. The highest BCUT2D eigenvalue weighted by molar-refractivity contribution is 5.31. The number of methoxy groups -OCH3 is 1. The van der Waals surface area contributed by atoms with E-state index >= 15 is 0 Å². The fraction of sp³-hybridized carbons (Fsp3) is 0.667. The number of rotatable bonds is 6. The van der Waals surface area contributed by atoms with Crippen LogP contribution in [-0.4, -0.2) is 25.2 Å². The largest absolute Gasteiger partial charge is 0.495 e. The van der Waals surface area contributed by atoms with Gasteiger partial charge in [0, 0.05) is 12.1 Å². The van der Waals surface area contributed by atoms with Crippen LogP contribution in [0.15, 0.2) is 18.3 Å². The summed E-state index contributed by atoms with van der Waals surface area (Å²) in [6.07, 6.45) is 4.41. The van der Waals surface area contributed by atoms with Crippen LogP contribution in [0.25, 0.3) is 0 Å². The topological polar surface area (TPSA) is 34.1 Å². The molecule has 0 saturated heterocycles. The first-order valence-corrected chi connectivity index (χ1v) is 6.92. The van der Waals surface area contributed by atoms with Crippen LogP contribution in [0.4, 0.5) is 0 Å². The second-order valence-electron chi connectivity index (χ2n) is 5.59. The maximum Gasteiger partial charge on any atom is 0.140 e. The number of nitrogens with zero attached hydrogens (tertiary/aromatic N) is 1. The van der Waals surface area contributed by atoms with Crippen molar-refractivity contribution in [2.45, 2.75) is 32.6 Å². The van der Waals surface area contributed by atoms with E-state index in [4.69, 9.17) is 4.74 Å². The van der Waals surface area contributed by atoms with Crippen molar-refractivity contribution in [3.05, 3.63) is 24.0 Å². The van der Waals surface area contributed by atoms with Gasteiger partial charge in [-0.15, -0.1) is 0 Å². The van der Waals surface area contributed by atoms with Gasteiger partial charge in [-0.2, -0.15) is 0 Å². The van der Waals surface area contributed by atoms with Crippen molar-refractivity contribution >= 4 is 0 Å². The first-order chi connectivity index (χ1) is 8.72. The van der Waals surface area contributed by atoms with Crippen molar-refractivity contribution in [1.29, 1.82) is 0 Å². The minimum absolute atomic E-state index is 0.570. The fourth-order valence-corrected chi connectivity index (χ4v) is 2.58. The van der Waals surface area contributed by atoms with Crippen molar-refractivity contribution < 1.29 is 4.74 Å². The van der Waals surface area contributed by atoms with Crippen molar-refractivity contribution in [3.8, 4) is 5.75 Å². The van der Waals surface area contributed by atoms with Crippen molar-refractivity contribution in [2.75, 3.05) is 20.2 Å². The Kier molecular flexibility index (Phi) is 4.59. The molecule has 1 fully saturated rings. The van der Waals surface area contributed by atoms with Crippen molar-refractivity contribution in [1.82, 2.24) is 10.3 Å². The Morgan fingerprint density at radius 2 is 2.28 bits per heavy atom. The lowest BCUT2D eigenvalue weighted by molar-refractivity contribution is 0.232. The third-order valence-electron chi connectivity index (χ3n) is 3.75. The van der Waals surface area contributed by atoms with Gasteiger partial charge in [0.2, 0.25) is 0 Å². The van der Waals surface area contributed by atoms with E-state index < -0.39 is 0 Å². The summed E-state index contributed by atoms with van der Waals surface area (Å²) < 4.78 is 5.41. The molecule has 1 aliphatic carbocycles. The second kappa shape index (κ2) is 6.19. The standard InChI is InChI=1S/C15H24N2O/c1-11(2)9-16-10-12-6-7-13(12)15-14(18-3)5-4-8-17-15/h4-5,8,11-13,16H,6-7,9-10H2,1-3H3. The molecule has 1 heterocycles. The number of aromatic nitrogens is 1. The minimum Gasteiger partial charge on any atom is -0.495 e. The molecule has 0 aromatic carbocycles. The van der Waals surface area contributed by atoms with Crippen LogP contribution in [0.5, 0.6) is 5.75 Å². The first-order valence-electron chi connectivity index (χ1n) is 6.92. The molecule has 0 bridgehead atoms. The zero-order chi connectivity index (χ0) is 13.0. The van der Waals surface area contributed by atoms with E-state index in [9.17, 15) is 0 Å². The number of hydrogen-bond acceptors (Lipinski definition) is 3. The normalized spacial score (nSPS) is 22.9. The van der Waals surface area contributed by atoms with Gasteiger partial charge in [0.05, 0.1) is 12.8 Å². The van der Waals surface area contributed by atoms with Gasteiger partial charge in [0.1, 0.15) is 5.75 Å². The molecule has 2 unspecified atom stereocenters. The van der Waals surface area contributed by atoms with Gasteiger partial charge in [-0.3, -0.25) is 4.98 Å². The summed E-state index contributed by atoms with van der Waals surface area (Å²) in [5, 5.41) is 3.56. The molecule has 100 valence electrons.